The smallest absolute Gasteiger partial charge is 0.243 e. The van der Waals surface area contributed by atoms with Gasteiger partial charge in [-0.2, -0.15) is 4.31 Å². The summed E-state index contributed by atoms with van der Waals surface area (Å²) >= 11 is 5.06. The Bertz CT molecular complexity index is 1350. The average molecular weight is 558 g/mol. The molecule has 3 aromatic carbocycles. The minimum atomic E-state index is -3.59. The van der Waals surface area contributed by atoms with Gasteiger partial charge in [-0.25, -0.2) is 8.42 Å². The molecule has 9 heteroatoms. The fourth-order valence-corrected chi connectivity index (χ4v) is 6.27. The molecule has 0 spiro atoms. The Kier molecular flexibility index (Phi) is 7.88. The van der Waals surface area contributed by atoms with E-state index in [1.165, 1.54) is 9.87 Å². The predicted molar refractivity (Wildman–Crippen MR) is 141 cm³/mol. The third kappa shape index (κ3) is 5.27. The molecule has 1 heterocycles. The molecule has 0 aliphatic rings. The molecule has 0 aliphatic carbocycles. The van der Waals surface area contributed by atoms with Crippen molar-refractivity contribution in [3.05, 3.63) is 88.9 Å². The molecule has 0 aliphatic heterocycles. The molecule has 0 unspecified atom stereocenters. The summed E-state index contributed by atoms with van der Waals surface area (Å²) in [6.45, 7) is 4.51. The van der Waals surface area contributed by atoms with Crippen LogP contribution in [-0.2, 0) is 15.8 Å². The lowest BCUT2D eigenvalue weighted by Crippen LogP contribution is -2.30. The molecule has 1 aromatic heterocycles. The molecule has 0 saturated carbocycles. The molecule has 6 nitrogen and oxygen atoms in total. The lowest BCUT2D eigenvalue weighted by molar-refractivity contribution is 0.445. The first kappa shape index (κ1) is 24.7. The number of para-hydroxylation sites is 1. The summed E-state index contributed by atoms with van der Waals surface area (Å²) in [5.74, 6) is 1.33. The number of thioether (sulfide) groups is 1. The van der Waals surface area contributed by atoms with Crippen LogP contribution in [0, 0.1) is 0 Å². The van der Waals surface area contributed by atoms with Gasteiger partial charge < -0.3 is 0 Å². The van der Waals surface area contributed by atoms with Crippen molar-refractivity contribution in [3.8, 4) is 17.1 Å². The van der Waals surface area contributed by atoms with Crippen molar-refractivity contribution < 1.29 is 8.42 Å². The normalized spacial score (nSPS) is 11.8. The standard InChI is InChI=1S/C25H25BrN4O2S2/c1-3-29(4-2)34(31,32)23-12-8-9-20(17-23)24-27-28-25(30(24)22-10-6-5-7-11-22)33-18-19-13-15-21(26)16-14-19/h5-17H,3-4,18H2,1-2H3. The highest BCUT2D eigenvalue weighted by atomic mass is 79.9. The van der Waals surface area contributed by atoms with Gasteiger partial charge in [0, 0.05) is 34.6 Å². The van der Waals surface area contributed by atoms with Crippen molar-refractivity contribution in [2.75, 3.05) is 13.1 Å². The van der Waals surface area contributed by atoms with Crippen molar-refractivity contribution >= 4 is 37.7 Å². The van der Waals surface area contributed by atoms with Gasteiger partial charge in [-0.05, 0) is 42.0 Å². The molecule has 0 amide bonds. The van der Waals surface area contributed by atoms with Crippen LogP contribution in [0.2, 0.25) is 0 Å². The fraction of sp³-hybridized carbons (Fsp3) is 0.200. The number of hydrogen-bond acceptors (Lipinski definition) is 5. The topological polar surface area (TPSA) is 68.1 Å². The summed E-state index contributed by atoms with van der Waals surface area (Å²) in [7, 11) is -3.59. The highest BCUT2D eigenvalue weighted by molar-refractivity contribution is 9.10. The van der Waals surface area contributed by atoms with E-state index >= 15 is 0 Å². The summed E-state index contributed by atoms with van der Waals surface area (Å²) in [5, 5.41) is 9.68. The number of aromatic nitrogens is 3. The molecule has 4 aromatic rings. The zero-order valence-corrected chi connectivity index (χ0v) is 22.1. The Labute approximate surface area is 213 Å². The van der Waals surface area contributed by atoms with Crippen molar-refractivity contribution in [3.63, 3.8) is 0 Å². The summed E-state index contributed by atoms with van der Waals surface area (Å²) < 4.78 is 30.7. The van der Waals surface area contributed by atoms with Crippen LogP contribution in [0.1, 0.15) is 19.4 Å². The monoisotopic (exact) mass is 556 g/mol. The second-order valence-electron chi connectivity index (χ2n) is 7.51. The molecular formula is C25H25BrN4O2S2. The molecule has 176 valence electrons. The lowest BCUT2D eigenvalue weighted by Gasteiger charge is -2.19. The maximum atomic E-state index is 13.1. The van der Waals surface area contributed by atoms with Crippen LogP contribution in [0.3, 0.4) is 0 Å². The van der Waals surface area contributed by atoms with Gasteiger partial charge in [0.25, 0.3) is 0 Å². The minimum absolute atomic E-state index is 0.250. The number of hydrogen-bond donors (Lipinski definition) is 0. The van der Waals surface area contributed by atoms with Gasteiger partial charge in [-0.1, -0.05) is 84.0 Å². The van der Waals surface area contributed by atoms with Crippen LogP contribution in [0.15, 0.2) is 93.4 Å². The quantitative estimate of drug-likeness (QED) is 0.236. The zero-order chi connectivity index (χ0) is 24.1. The zero-order valence-electron chi connectivity index (χ0n) is 18.9. The van der Waals surface area contributed by atoms with E-state index in [4.69, 9.17) is 0 Å². The molecule has 0 radical (unpaired) electrons. The Balaban J connectivity index is 1.75. The van der Waals surface area contributed by atoms with E-state index in [0.29, 0.717) is 24.5 Å². The third-order valence-electron chi connectivity index (χ3n) is 5.36. The van der Waals surface area contributed by atoms with E-state index in [-0.39, 0.29) is 4.90 Å². The van der Waals surface area contributed by atoms with E-state index in [1.807, 2.05) is 66.9 Å². The second-order valence-corrected chi connectivity index (χ2v) is 11.3. The second kappa shape index (κ2) is 10.9. The number of nitrogens with zero attached hydrogens (tertiary/aromatic N) is 4. The SMILES string of the molecule is CCN(CC)S(=O)(=O)c1cccc(-c2nnc(SCc3ccc(Br)cc3)n2-c2ccccc2)c1. The Hall–Kier alpha value is -2.46. The number of halogens is 1. The minimum Gasteiger partial charge on any atom is -0.270 e. The van der Waals surface area contributed by atoms with E-state index in [1.54, 1.807) is 30.0 Å². The first-order chi connectivity index (χ1) is 16.4. The van der Waals surface area contributed by atoms with Crippen LogP contribution < -0.4 is 0 Å². The van der Waals surface area contributed by atoms with E-state index in [2.05, 4.69) is 38.3 Å². The fourth-order valence-electron chi connectivity index (χ4n) is 3.60. The van der Waals surface area contributed by atoms with E-state index in [9.17, 15) is 8.42 Å². The van der Waals surface area contributed by atoms with Gasteiger partial charge in [0.05, 0.1) is 4.90 Å². The van der Waals surface area contributed by atoms with E-state index in [0.717, 1.165) is 21.1 Å². The molecule has 0 bridgehead atoms. The van der Waals surface area contributed by atoms with Gasteiger partial charge in [-0.3, -0.25) is 4.57 Å². The lowest BCUT2D eigenvalue weighted by atomic mass is 10.2. The molecule has 0 N–H and O–H groups in total. The average Bonchev–Trinajstić information content (AvgIpc) is 3.29. The van der Waals surface area contributed by atoms with Gasteiger partial charge in [0.15, 0.2) is 11.0 Å². The first-order valence-corrected chi connectivity index (χ1v) is 14.1. The summed E-state index contributed by atoms with van der Waals surface area (Å²) in [6.07, 6.45) is 0. The van der Waals surface area contributed by atoms with Crippen LogP contribution >= 0.6 is 27.7 Å². The Morgan fingerprint density at radius 2 is 1.62 bits per heavy atom. The molecule has 4 rings (SSSR count). The molecule has 0 atom stereocenters. The van der Waals surface area contributed by atoms with Crippen molar-refractivity contribution in [2.24, 2.45) is 0 Å². The maximum absolute atomic E-state index is 13.1. The summed E-state index contributed by atoms with van der Waals surface area (Å²) in [4.78, 5) is 0.250. The van der Waals surface area contributed by atoms with Crippen LogP contribution in [0.4, 0.5) is 0 Å². The third-order valence-corrected chi connectivity index (χ3v) is 8.94. The number of sulfonamides is 1. The molecule has 0 fully saturated rings. The van der Waals surface area contributed by atoms with Gasteiger partial charge >= 0.3 is 0 Å². The van der Waals surface area contributed by atoms with Crippen LogP contribution in [-0.4, -0.2) is 40.6 Å². The first-order valence-electron chi connectivity index (χ1n) is 10.9. The molecule has 0 saturated heterocycles. The van der Waals surface area contributed by atoms with Gasteiger partial charge in [0.2, 0.25) is 10.0 Å². The maximum Gasteiger partial charge on any atom is 0.243 e. The highest BCUT2D eigenvalue weighted by Crippen LogP contribution is 2.31. The van der Waals surface area contributed by atoms with Crippen LogP contribution in [0.25, 0.3) is 17.1 Å². The Morgan fingerprint density at radius 3 is 2.29 bits per heavy atom. The summed E-state index contributed by atoms with van der Waals surface area (Å²) in [6, 6.07) is 25.0. The Morgan fingerprint density at radius 1 is 0.912 bits per heavy atom. The van der Waals surface area contributed by atoms with Gasteiger partial charge in [0.1, 0.15) is 0 Å². The number of rotatable bonds is 9. The highest BCUT2D eigenvalue weighted by Gasteiger charge is 2.23. The van der Waals surface area contributed by atoms with Crippen molar-refractivity contribution in [1.82, 2.24) is 19.1 Å². The largest absolute Gasteiger partial charge is 0.270 e. The van der Waals surface area contributed by atoms with Crippen molar-refractivity contribution in [1.29, 1.82) is 0 Å². The van der Waals surface area contributed by atoms with Crippen LogP contribution in [0.5, 0.6) is 0 Å². The van der Waals surface area contributed by atoms with Gasteiger partial charge in [-0.15, -0.1) is 10.2 Å². The van der Waals surface area contributed by atoms with E-state index < -0.39 is 10.0 Å². The molecular weight excluding hydrogens is 532 g/mol. The van der Waals surface area contributed by atoms with Crippen molar-refractivity contribution in [2.45, 2.75) is 29.7 Å². The predicted octanol–water partition coefficient (Wildman–Crippen LogP) is 6.02. The molecule has 34 heavy (non-hydrogen) atoms. The summed E-state index contributed by atoms with van der Waals surface area (Å²) in [5.41, 5.74) is 2.78. The number of benzene rings is 3.